The van der Waals surface area contributed by atoms with Gasteiger partial charge in [-0.2, -0.15) is 0 Å². The molecular weight excluding hydrogens is 221 g/mol. The molecule has 2 fully saturated rings. The fourth-order valence-corrected chi connectivity index (χ4v) is 2.52. The van der Waals surface area contributed by atoms with E-state index in [0.717, 1.165) is 18.8 Å². The number of nitrogens with zero attached hydrogens (tertiary/aromatic N) is 1. The highest BCUT2D eigenvalue weighted by atomic mass is 19.1. The number of hydrogen-bond acceptors (Lipinski definition) is 3. The van der Waals surface area contributed by atoms with Crippen LogP contribution in [0.4, 0.5) is 10.1 Å². The van der Waals surface area contributed by atoms with Crippen LogP contribution in [0.15, 0.2) is 18.2 Å². The summed E-state index contributed by atoms with van der Waals surface area (Å²) in [6.07, 6.45) is 1.80. The number of ether oxygens (including phenoxy) is 2. The first-order chi connectivity index (χ1) is 8.36. The van der Waals surface area contributed by atoms with Gasteiger partial charge in [-0.25, -0.2) is 4.39 Å². The molecule has 0 radical (unpaired) electrons. The van der Waals surface area contributed by atoms with Gasteiger partial charge in [-0.05, 0) is 25.0 Å². The third kappa shape index (κ3) is 2.03. The van der Waals surface area contributed by atoms with E-state index in [-0.39, 0.29) is 5.82 Å². The van der Waals surface area contributed by atoms with Gasteiger partial charge in [-0.1, -0.05) is 6.07 Å². The van der Waals surface area contributed by atoms with E-state index in [9.17, 15) is 4.39 Å². The smallest absolute Gasteiger partial charge is 0.188 e. The molecule has 0 aliphatic carbocycles. The van der Waals surface area contributed by atoms with Crippen molar-refractivity contribution in [3.05, 3.63) is 29.6 Å². The van der Waals surface area contributed by atoms with Crippen molar-refractivity contribution in [2.75, 3.05) is 31.2 Å². The minimum Gasteiger partial charge on any atom is -0.371 e. The van der Waals surface area contributed by atoms with E-state index in [2.05, 4.69) is 4.90 Å². The Morgan fingerprint density at radius 2 is 1.82 bits per heavy atom. The van der Waals surface area contributed by atoms with Crippen LogP contribution in [0.2, 0.25) is 0 Å². The molecular formula is C13H16FNO2. The summed E-state index contributed by atoms with van der Waals surface area (Å²) < 4.78 is 24.8. The summed E-state index contributed by atoms with van der Waals surface area (Å²) in [4.78, 5) is 2.21. The first kappa shape index (κ1) is 11.0. The van der Waals surface area contributed by atoms with Crippen LogP contribution in [0.5, 0.6) is 0 Å². The molecule has 0 amide bonds. The van der Waals surface area contributed by atoms with Gasteiger partial charge >= 0.3 is 0 Å². The van der Waals surface area contributed by atoms with E-state index < -0.39 is 6.29 Å². The normalized spacial score (nSPS) is 21.4. The molecule has 2 heterocycles. The van der Waals surface area contributed by atoms with E-state index >= 15 is 0 Å². The van der Waals surface area contributed by atoms with Crippen molar-refractivity contribution in [2.24, 2.45) is 0 Å². The summed E-state index contributed by atoms with van der Waals surface area (Å²) in [6.45, 7) is 3.06. The molecule has 17 heavy (non-hydrogen) atoms. The van der Waals surface area contributed by atoms with Crippen molar-refractivity contribution in [1.82, 2.24) is 0 Å². The lowest BCUT2D eigenvalue weighted by molar-refractivity contribution is -0.0460. The Morgan fingerprint density at radius 1 is 1.12 bits per heavy atom. The summed E-state index contributed by atoms with van der Waals surface area (Å²) in [5, 5.41) is 0. The standard InChI is InChI=1S/C13H16FNO2/c14-10-4-3-5-11(15-6-1-2-7-15)12(10)13-16-8-9-17-13/h3-5,13H,1-2,6-9H2. The number of anilines is 1. The third-order valence-electron chi connectivity index (χ3n) is 3.33. The van der Waals surface area contributed by atoms with Gasteiger partial charge in [0.25, 0.3) is 0 Å². The molecule has 0 aromatic heterocycles. The van der Waals surface area contributed by atoms with Gasteiger partial charge in [0.05, 0.1) is 18.8 Å². The van der Waals surface area contributed by atoms with E-state index in [1.165, 1.54) is 18.9 Å². The molecule has 0 unspecified atom stereocenters. The summed E-state index contributed by atoms with van der Waals surface area (Å²) in [5.41, 5.74) is 1.49. The van der Waals surface area contributed by atoms with Crippen LogP contribution < -0.4 is 4.90 Å². The highest BCUT2D eigenvalue weighted by Gasteiger charge is 2.27. The second-order valence-electron chi connectivity index (χ2n) is 4.44. The maximum absolute atomic E-state index is 14.0. The van der Waals surface area contributed by atoms with Gasteiger partial charge in [0.1, 0.15) is 5.82 Å². The number of benzene rings is 1. The maximum Gasteiger partial charge on any atom is 0.188 e. The zero-order valence-electron chi connectivity index (χ0n) is 9.69. The lowest BCUT2D eigenvalue weighted by atomic mass is 10.1. The zero-order chi connectivity index (χ0) is 11.7. The molecule has 1 aromatic rings. The average Bonchev–Trinajstić information content (AvgIpc) is 3.02. The molecule has 2 aliphatic rings. The van der Waals surface area contributed by atoms with Gasteiger partial charge in [-0.3, -0.25) is 0 Å². The average molecular weight is 237 g/mol. The van der Waals surface area contributed by atoms with Crippen LogP contribution in [0.1, 0.15) is 24.7 Å². The van der Waals surface area contributed by atoms with Crippen LogP contribution in [0.25, 0.3) is 0 Å². The van der Waals surface area contributed by atoms with Crippen LogP contribution in [-0.4, -0.2) is 26.3 Å². The number of rotatable bonds is 2. The Hall–Kier alpha value is -1.13. The van der Waals surface area contributed by atoms with Gasteiger partial charge in [-0.15, -0.1) is 0 Å². The van der Waals surface area contributed by atoms with Crippen molar-refractivity contribution in [1.29, 1.82) is 0 Å². The molecule has 3 rings (SSSR count). The summed E-state index contributed by atoms with van der Waals surface area (Å²) in [6, 6.07) is 5.18. The SMILES string of the molecule is Fc1cccc(N2CCCC2)c1C1OCCO1. The lowest BCUT2D eigenvalue weighted by Crippen LogP contribution is -2.21. The van der Waals surface area contributed by atoms with Crippen molar-refractivity contribution in [3.63, 3.8) is 0 Å². The Kier molecular flexibility index (Phi) is 2.99. The third-order valence-corrected chi connectivity index (χ3v) is 3.33. The quantitative estimate of drug-likeness (QED) is 0.788. The van der Waals surface area contributed by atoms with Gasteiger partial charge in [0.15, 0.2) is 6.29 Å². The number of hydrogen-bond donors (Lipinski definition) is 0. The van der Waals surface area contributed by atoms with Crippen molar-refractivity contribution < 1.29 is 13.9 Å². The molecule has 4 heteroatoms. The molecule has 0 bridgehead atoms. The van der Waals surface area contributed by atoms with Crippen molar-refractivity contribution in [2.45, 2.75) is 19.1 Å². The Labute approximate surface area is 100 Å². The predicted molar refractivity (Wildman–Crippen MR) is 62.5 cm³/mol. The van der Waals surface area contributed by atoms with Crippen LogP contribution in [-0.2, 0) is 9.47 Å². The van der Waals surface area contributed by atoms with Crippen LogP contribution in [0.3, 0.4) is 0 Å². The molecule has 3 nitrogen and oxygen atoms in total. The first-order valence-electron chi connectivity index (χ1n) is 6.13. The molecule has 0 N–H and O–H groups in total. The lowest BCUT2D eigenvalue weighted by Gasteiger charge is -2.23. The predicted octanol–water partition coefficient (Wildman–Crippen LogP) is 2.47. The van der Waals surface area contributed by atoms with Gasteiger partial charge in [0, 0.05) is 18.8 Å². The maximum atomic E-state index is 14.0. The second kappa shape index (κ2) is 4.63. The summed E-state index contributed by atoms with van der Waals surface area (Å²) in [5.74, 6) is -0.235. The monoisotopic (exact) mass is 237 g/mol. The van der Waals surface area contributed by atoms with Crippen LogP contribution in [0, 0.1) is 5.82 Å². The number of halogens is 1. The summed E-state index contributed by atoms with van der Waals surface area (Å²) in [7, 11) is 0. The van der Waals surface area contributed by atoms with Gasteiger partial charge < -0.3 is 14.4 Å². The molecule has 0 spiro atoms. The second-order valence-corrected chi connectivity index (χ2v) is 4.44. The van der Waals surface area contributed by atoms with Crippen molar-refractivity contribution in [3.8, 4) is 0 Å². The molecule has 2 aliphatic heterocycles. The minimum atomic E-state index is -0.535. The molecule has 0 saturated carbocycles. The Morgan fingerprint density at radius 3 is 2.53 bits per heavy atom. The zero-order valence-corrected chi connectivity index (χ0v) is 9.69. The molecule has 1 aromatic carbocycles. The largest absolute Gasteiger partial charge is 0.371 e. The highest BCUT2D eigenvalue weighted by molar-refractivity contribution is 5.55. The fourth-order valence-electron chi connectivity index (χ4n) is 2.52. The highest BCUT2D eigenvalue weighted by Crippen LogP contribution is 2.35. The first-order valence-corrected chi connectivity index (χ1v) is 6.13. The van der Waals surface area contributed by atoms with E-state index in [1.54, 1.807) is 6.07 Å². The summed E-state index contributed by atoms with van der Waals surface area (Å²) >= 11 is 0. The Balaban J connectivity index is 1.98. The Bertz CT molecular complexity index is 398. The minimum absolute atomic E-state index is 0.235. The van der Waals surface area contributed by atoms with Crippen LogP contribution >= 0.6 is 0 Å². The molecule has 2 saturated heterocycles. The van der Waals surface area contributed by atoms with E-state index in [1.807, 2.05) is 6.07 Å². The van der Waals surface area contributed by atoms with Gasteiger partial charge in [0.2, 0.25) is 0 Å². The van der Waals surface area contributed by atoms with Crippen molar-refractivity contribution >= 4 is 5.69 Å². The molecule has 0 atom stereocenters. The topological polar surface area (TPSA) is 21.7 Å². The molecule has 92 valence electrons. The van der Waals surface area contributed by atoms with E-state index in [4.69, 9.17) is 9.47 Å². The fraction of sp³-hybridized carbons (Fsp3) is 0.538. The van der Waals surface area contributed by atoms with E-state index in [0.29, 0.717) is 18.8 Å².